The molecule has 3 nitrogen and oxygen atoms in total. The predicted molar refractivity (Wildman–Crippen MR) is 88.8 cm³/mol. The van der Waals surface area contributed by atoms with Gasteiger partial charge >= 0.3 is 0 Å². The molecule has 1 N–H and O–H groups in total. The average Bonchev–Trinajstić information content (AvgIpc) is 2.89. The highest BCUT2D eigenvalue weighted by molar-refractivity contribution is 6.30. The lowest BCUT2D eigenvalue weighted by Crippen LogP contribution is -2.25. The van der Waals surface area contributed by atoms with Gasteiger partial charge in [-0.25, -0.2) is 4.98 Å². The number of halogens is 1. The summed E-state index contributed by atoms with van der Waals surface area (Å²) in [6.07, 6.45) is 5.90. The summed E-state index contributed by atoms with van der Waals surface area (Å²) < 4.78 is 2.19. The number of aryl methyl sites for hydroxylation is 2. The van der Waals surface area contributed by atoms with Crippen LogP contribution >= 0.6 is 11.6 Å². The van der Waals surface area contributed by atoms with Crippen molar-refractivity contribution in [2.45, 2.75) is 46.2 Å². The van der Waals surface area contributed by atoms with E-state index in [0.29, 0.717) is 0 Å². The zero-order chi connectivity index (χ0) is 15.2. The van der Waals surface area contributed by atoms with E-state index in [0.717, 1.165) is 36.8 Å². The van der Waals surface area contributed by atoms with E-state index in [9.17, 15) is 0 Å². The second kappa shape index (κ2) is 7.62. The first-order chi connectivity index (χ1) is 10.1. The van der Waals surface area contributed by atoms with Crippen LogP contribution in [-0.2, 0) is 13.0 Å². The minimum Gasteiger partial charge on any atom is -0.335 e. The highest BCUT2D eigenvalue weighted by Gasteiger charge is 2.15. The SMILES string of the molecule is CCCNC(Cc1nccn1CC)c1cc(C)cc(Cl)c1. The molecule has 0 radical (unpaired) electrons. The van der Waals surface area contributed by atoms with Gasteiger partial charge in [0.15, 0.2) is 0 Å². The maximum absolute atomic E-state index is 6.22. The molecule has 1 atom stereocenters. The molecule has 1 unspecified atom stereocenters. The summed E-state index contributed by atoms with van der Waals surface area (Å²) in [7, 11) is 0. The first-order valence-electron chi connectivity index (χ1n) is 7.64. The number of hydrogen-bond acceptors (Lipinski definition) is 2. The Hall–Kier alpha value is -1.32. The maximum Gasteiger partial charge on any atom is 0.110 e. The second-order valence-corrected chi connectivity index (χ2v) is 5.84. The van der Waals surface area contributed by atoms with E-state index in [4.69, 9.17) is 11.6 Å². The number of hydrogen-bond donors (Lipinski definition) is 1. The van der Waals surface area contributed by atoms with Crippen LogP contribution < -0.4 is 5.32 Å². The molecule has 0 fully saturated rings. The third-order valence-corrected chi connectivity index (χ3v) is 3.85. The quantitative estimate of drug-likeness (QED) is 0.833. The van der Waals surface area contributed by atoms with Gasteiger partial charge in [-0.2, -0.15) is 0 Å². The number of benzene rings is 1. The zero-order valence-electron chi connectivity index (χ0n) is 13.1. The Morgan fingerprint density at radius 3 is 2.76 bits per heavy atom. The fourth-order valence-corrected chi connectivity index (χ4v) is 2.89. The average molecular weight is 306 g/mol. The molecule has 21 heavy (non-hydrogen) atoms. The van der Waals surface area contributed by atoms with Crippen molar-refractivity contribution in [2.75, 3.05) is 6.54 Å². The molecule has 0 saturated heterocycles. The molecule has 0 amide bonds. The van der Waals surface area contributed by atoms with Gasteiger partial charge in [0.1, 0.15) is 5.82 Å². The molecule has 0 spiro atoms. The number of aromatic nitrogens is 2. The van der Waals surface area contributed by atoms with Crippen molar-refractivity contribution >= 4 is 11.6 Å². The molecule has 0 aliphatic rings. The van der Waals surface area contributed by atoms with Crippen molar-refractivity contribution in [3.05, 3.63) is 52.6 Å². The van der Waals surface area contributed by atoms with Crippen LogP contribution in [0.25, 0.3) is 0 Å². The van der Waals surface area contributed by atoms with Crippen LogP contribution in [0.15, 0.2) is 30.6 Å². The molecule has 114 valence electrons. The minimum absolute atomic E-state index is 0.245. The van der Waals surface area contributed by atoms with Crippen molar-refractivity contribution in [3.63, 3.8) is 0 Å². The molecule has 2 rings (SSSR count). The number of imidazole rings is 1. The first kappa shape index (κ1) is 16.1. The standard InChI is InChI=1S/C17H24ClN3/c1-4-6-19-16(12-17-20-7-8-21(17)5-2)14-9-13(3)10-15(18)11-14/h7-11,16,19H,4-6,12H2,1-3H3. The summed E-state index contributed by atoms with van der Waals surface area (Å²) in [4.78, 5) is 4.50. The third-order valence-electron chi connectivity index (χ3n) is 3.64. The van der Waals surface area contributed by atoms with Gasteiger partial charge in [-0.15, -0.1) is 0 Å². The van der Waals surface area contributed by atoms with Crippen molar-refractivity contribution in [1.29, 1.82) is 0 Å². The Morgan fingerprint density at radius 1 is 1.29 bits per heavy atom. The van der Waals surface area contributed by atoms with E-state index in [2.05, 4.69) is 47.8 Å². The molecule has 1 heterocycles. The van der Waals surface area contributed by atoms with Crippen LogP contribution in [0.4, 0.5) is 0 Å². The number of rotatable bonds is 7. The molecule has 4 heteroatoms. The summed E-state index contributed by atoms with van der Waals surface area (Å²) in [6, 6.07) is 6.50. The summed E-state index contributed by atoms with van der Waals surface area (Å²) in [6.45, 7) is 8.34. The second-order valence-electron chi connectivity index (χ2n) is 5.40. The molecule has 0 saturated carbocycles. The first-order valence-corrected chi connectivity index (χ1v) is 8.02. The lowest BCUT2D eigenvalue weighted by atomic mass is 10.0. The summed E-state index contributed by atoms with van der Waals surface area (Å²) in [5.74, 6) is 1.11. The topological polar surface area (TPSA) is 29.9 Å². The Labute approximate surface area is 132 Å². The normalized spacial score (nSPS) is 12.6. The fraction of sp³-hybridized carbons (Fsp3) is 0.471. The molecular formula is C17H24ClN3. The molecule has 1 aromatic heterocycles. The van der Waals surface area contributed by atoms with E-state index in [1.165, 1.54) is 11.1 Å². The highest BCUT2D eigenvalue weighted by atomic mass is 35.5. The van der Waals surface area contributed by atoms with E-state index < -0.39 is 0 Å². The number of nitrogens with zero attached hydrogens (tertiary/aromatic N) is 2. The van der Waals surface area contributed by atoms with E-state index >= 15 is 0 Å². The Balaban J connectivity index is 2.25. The van der Waals surface area contributed by atoms with Crippen LogP contribution in [-0.4, -0.2) is 16.1 Å². The maximum atomic E-state index is 6.22. The zero-order valence-corrected chi connectivity index (χ0v) is 13.8. The van der Waals surface area contributed by atoms with Crippen LogP contribution in [0.2, 0.25) is 5.02 Å². The van der Waals surface area contributed by atoms with Gasteiger partial charge in [-0.05, 0) is 50.1 Å². The van der Waals surface area contributed by atoms with Gasteiger partial charge in [0.05, 0.1) is 0 Å². The van der Waals surface area contributed by atoms with Crippen molar-refractivity contribution in [1.82, 2.24) is 14.9 Å². The van der Waals surface area contributed by atoms with Gasteiger partial charge in [0.2, 0.25) is 0 Å². The Bertz CT molecular complexity index is 557. The largest absolute Gasteiger partial charge is 0.335 e. The molecule has 1 aromatic carbocycles. The lowest BCUT2D eigenvalue weighted by molar-refractivity contribution is 0.506. The smallest absolute Gasteiger partial charge is 0.110 e. The van der Waals surface area contributed by atoms with Crippen molar-refractivity contribution in [2.24, 2.45) is 0 Å². The van der Waals surface area contributed by atoms with E-state index in [1.807, 2.05) is 18.5 Å². The van der Waals surface area contributed by atoms with Crippen LogP contribution in [0, 0.1) is 6.92 Å². The van der Waals surface area contributed by atoms with Crippen LogP contribution in [0.5, 0.6) is 0 Å². The van der Waals surface area contributed by atoms with Gasteiger partial charge in [0.25, 0.3) is 0 Å². The van der Waals surface area contributed by atoms with Crippen LogP contribution in [0.1, 0.15) is 43.3 Å². The molecule has 0 aliphatic carbocycles. The third kappa shape index (κ3) is 4.32. The van der Waals surface area contributed by atoms with Crippen molar-refractivity contribution in [3.8, 4) is 0 Å². The minimum atomic E-state index is 0.245. The van der Waals surface area contributed by atoms with Gasteiger partial charge in [-0.1, -0.05) is 24.6 Å². The van der Waals surface area contributed by atoms with Gasteiger partial charge in [0, 0.05) is 36.4 Å². The molecular weight excluding hydrogens is 282 g/mol. The van der Waals surface area contributed by atoms with Crippen molar-refractivity contribution < 1.29 is 0 Å². The molecule has 2 aromatic rings. The lowest BCUT2D eigenvalue weighted by Gasteiger charge is -2.20. The molecule has 0 aliphatic heterocycles. The Morgan fingerprint density at radius 2 is 2.10 bits per heavy atom. The van der Waals surface area contributed by atoms with Gasteiger partial charge < -0.3 is 9.88 Å². The summed E-state index contributed by atoms with van der Waals surface area (Å²) in [5.41, 5.74) is 2.43. The highest BCUT2D eigenvalue weighted by Crippen LogP contribution is 2.23. The monoisotopic (exact) mass is 305 g/mol. The Kier molecular flexibility index (Phi) is 5.83. The van der Waals surface area contributed by atoms with E-state index in [1.54, 1.807) is 0 Å². The number of nitrogens with one attached hydrogen (secondary N) is 1. The molecule has 0 bridgehead atoms. The summed E-state index contributed by atoms with van der Waals surface area (Å²) in [5, 5.41) is 4.42. The fourth-order valence-electron chi connectivity index (χ4n) is 2.59. The van der Waals surface area contributed by atoms with E-state index in [-0.39, 0.29) is 6.04 Å². The predicted octanol–water partition coefficient (Wildman–Crippen LogP) is 4.15. The van der Waals surface area contributed by atoms with Gasteiger partial charge in [-0.3, -0.25) is 0 Å². The summed E-state index contributed by atoms with van der Waals surface area (Å²) >= 11 is 6.22. The van der Waals surface area contributed by atoms with Crippen LogP contribution in [0.3, 0.4) is 0 Å².